The summed E-state index contributed by atoms with van der Waals surface area (Å²) < 4.78 is 0. The third kappa shape index (κ3) is 4.19. The minimum Gasteiger partial charge on any atom is -0.344 e. The highest BCUT2D eigenvalue weighted by Crippen LogP contribution is 2.23. The van der Waals surface area contributed by atoms with Crippen LogP contribution < -0.4 is 15.5 Å². The minimum atomic E-state index is -0.422. The van der Waals surface area contributed by atoms with Gasteiger partial charge in [-0.15, -0.1) is 0 Å². The number of carbonyl (C=O) groups is 2. The molecule has 23 heavy (non-hydrogen) atoms. The molecule has 1 aromatic rings. The molecule has 1 aromatic carbocycles. The molecule has 2 atom stereocenters. The molecule has 3 rings (SSSR count). The quantitative estimate of drug-likeness (QED) is 0.864. The van der Waals surface area contributed by atoms with Gasteiger partial charge in [0.1, 0.15) is 6.04 Å². The Hall–Kier alpha value is -1.24. The molecule has 0 aliphatic carbocycles. The van der Waals surface area contributed by atoms with Gasteiger partial charge in [0.25, 0.3) is 0 Å². The SMILES string of the molecule is O=C(CC1CSCCN1)NC1CCN(c2ccc(Cl)cc2)C1=O. The van der Waals surface area contributed by atoms with Gasteiger partial charge in [-0.05, 0) is 30.7 Å². The van der Waals surface area contributed by atoms with E-state index in [2.05, 4.69) is 10.6 Å². The van der Waals surface area contributed by atoms with E-state index in [1.165, 1.54) is 0 Å². The van der Waals surface area contributed by atoms with Gasteiger partial charge < -0.3 is 15.5 Å². The summed E-state index contributed by atoms with van der Waals surface area (Å²) in [6.07, 6.45) is 1.07. The Kier molecular flexibility index (Phi) is 5.46. The molecule has 2 saturated heterocycles. The van der Waals surface area contributed by atoms with Crippen LogP contribution in [-0.2, 0) is 9.59 Å². The first-order valence-electron chi connectivity index (χ1n) is 7.81. The topological polar surface area (TPSA) is 61.4 Å². The maximum atomic E-state index is 12.5. The number of nitrogens with zero attached hydrogens (tertiary/aromatic N) is 1. The fourth-order valence-electron chi connectivity index (χ4n) is 2.92. The second kappa shape index (κ2) is 7.55. The Morgan fingerprint density at radius 3 is 2.87 bits per heavy atom. The van der Waals surface area contributed by atoms with Gasteiger partial charge >= 0.3 is 0 Å². The molecule has 2 heterocycles. The van der Waals surface area contributed by atoms with Crippen LogP contribution in [0.5, 0.6) is 0 Å². The Morgan fingerprint density at radius 2 is 2.17 bits per heavy atom. The van der Waals surface area contributed by atoms with Crippen LogP contribution in [0.25, 0.3) is 0 Å². The molecule has 2 aliphatic rings. The Balaban J connectivity index is 1.54. The molecule has 2 unspecified atom stereocenters. The van der Waals surface area contributed by atoms with Crippen LogP contribution in [-0.4, -0.2) is 48.5 Å². The fourth-order valence-corrected chi connectivity index (χ4v) is 3.99. The number of nitrogens with one attached hydrogen (secondary N) is 2. The van der Waals surface area contributed by atoms with Gasteiger partial charge in [-0.1, -0.05) is 11.6 Å². The number of hydrogen-bond donors (Lipinski definition) is 2. The van der Waals surface area contributed by atoms with Gasteiger partial charge in [0.05, 0.1) is 0 Å². The van der Waals surface area contributed by atoms with Crippen molar-refractivity contribution >= 4 is 40.9 Å². The highest BCUT2D eigenvalue weighted by Gasteiger charge is 2.33. The molecule has 0 aromatic heterocycles. The molecule has 7 heteroatoms. The zero-order valence-corrected chi connectivity index (χ0v) is 14.3. The van der Waals surface area contributed by atoms with E-state index in [-0.39, 0.29) is 17.9 Å². The molecule has 2 N–H and O–H groups in total. The fraction of sp³-hybridized carbons (Fsp3) is 0.500. The lowest BCUT2D eigenvalue weighted by molar-refractivity contribution is -0.126. The molecule has 0 saturated carbocycles. The average molecular weight is 354 g/mol. The number of carbonyl (C=O) groups excluding carboxylic acids is 2. The van der Waals surface area contributed by atoms with Crippen molar-refractivity contribution in [2.45, 2.75) is 24.9 Å². The molecule has 0 spiro atoms. The predicted molar refractivity (Wildman–Crippen MR) is 94.1 cm³/mol. The van der Waals surface area contributed by atoms with Gasteiger partial charge in [0.2, 0.25) is 11.8 Å². The average Bonchev–Trinajstić information content (AvgIpc) is 2.90. The summed E-state index contributed by atoms with van der Waals surface area (Å²) in [4.78, 5) is 26.3. The summed E-state index contributed by atoms with van der Waals surface area (Å²) in [6.45, 7) is 1.55. The normalized spacial score (nSPS) is 24.7. The molecule has 2 amide bonds. The van der Waals surface area contributed by atoms with E-state index in [1.54, 1.807) is 17.0 Å². The summed E-state index contributed by atoms with van der Waals surface area (Å²) in [6, 6.07) is 6.97. The Labute approximate surface area is 145 Å². The summed E-state index contributed by atoms with van der Waals surface area (Å²) >= 11 is 7.74. The zero-order chi connectivity index (χ0) is 16.2. The van der Waals surface area contributed by atoms with Gasteiger partial charge in [-0.3, -0.25) is 9.59 Å². The lowest BCUT2D eigenvalue weighted by Gasteiger charge is -2.23. The lowest BCUT2D eigenvalue weighted by atomic mass is 10.2. The van der Waals surface area contributed by atoms with E-state index >= 15 is 0 Å². The van der Waals surface area contributed by atoms with Crippen molar-refractivity contribution in [3.8, 4) is 0 Å². The van der Waals surface area contributed by atoms with E-state index < -0.39 is 6.04 Å². The second-order valence-electron chi connectivity index (χ2n) is 5.81. The Morgan fingerprint density at radius 1 is 1.39 bits per heavy atom. The highest BCUT2D eigenvalue weighted by atomic mass is 35.5. The number of benzene rings is 1. The third-order valence-electron chi connectivity index (χ3n) is 4.11. The summed E-state index contributed by atoms with van der Waals surface area (Å²) in [5, 5.41) is 6.86. The van der Waals surface area contributed by atoms with Gasteiger partial charge in [0, 0.05) is 47.8 Å². The standard InChI is InChI=1S/C16H20ClN3O2S/c17-11-1-3-13(4-2-11)20-7-5-14(16(20)22)19-15(21)9-12-10-23-8-6-18-12/h1-4,12,14,18H,5-10H2,(H,19,21). The van der Waals surface area contributed by atoms with Crippen molar-refractivity contribution < 1.29 is 9.59 Å². The number of hydrogen-bond acceptors (Lipinski definition) is 4. The maximum Gasteiger partial charge on any atom is 0.249 e. The van der Waals surface area contributed by atoms with E-state index in [0.29, 0.717) is 24.4 Å². The summed E-state index contributed by atoms with van der Waals surface area (Å²) in [5.41, 5.74) is 0.821. The molecule has 2 aliphatic heterocycles. The molecule has 124 valence electrons. The zero-order valence-electron chi connectivity index (χ0n) is 12.8. The van der Waals surface area contributed by atoms with Crippen molar-refractivity contribution in [3.63, 3.8) is 0 Å². The van der Waals surface area contributed by atoms with E-state index in [1.807, 2.05) is 23.9 Å². The first kappa shape index (κ1) is 16.6. The lowest BCUT2D eigenvalue weighted by Crippen LogP contribution is -2.46. The predicted octanol–water partition coefficient (Wildman–Crippen LogP) is 1.66. The molecule has 2 fully saturated rings. The van der Waals surface area contributed by atoms with Crippen LogP contribution in [0.3, 0.4) is 0 Å². The molecular weight excluding hydrogens is 334 g/mol. The van der Waals surface area contributed by atoms with Crippen LogP contribution in [0, 0.1) is 0 Å². The van der Waals surface area contributed by atoms with Gasteiger partial charge in [-0.25, -0.2) is 0 Å². The van der Waals surface area contributed by atoms with Crippen molar-refractivity contribution in [2.24, 2.45) is 0 Å². The van der Waals surface area contributed by atoms with Crippen LogP contribution in [0.15, 0.2) is 24.3 Å². The first-order chi connectivity index (χ1) is 11.1. The van der Waals surface area contributed by atoms with E-state index in [9.17, 15) is 9.59 Å². The number of rotatable bonds is 4. The summed E-state index contributed by atoms with van der Waals surface area (Å²) in [5.74, 6) is 1.94. The van der Waals surface area contributed by atoms with Crippen LogP contribution in [0.4, 0.5) is 5.69 Å². The van der Waals surface area contributed by atoms with Crippen LogP contribution in [0.1, 0.15) is 12.8 Å². The molecular formula is C16H20ClN3O2S. The van der Waals surface area contributed by atoms with Gasteiger partial charge in [0.15, 0.2) is 0 Å². The monoisotopic (exact) mass is 353 g/mol. The van der Waals surface area contributed by atoms with Crippen molar-refractivity contribution in [1.29, 1.82) is 0 Å². The number of amides is 2. The number of anilines is 1. The van der Waals surface area contributed by atoms with Crippen LogP contribution in [0.2, 0.25) is 5.02 Å². The Bertz CT molecular complexity index is 575. The van der Waals surface area contributed by atoms with Crippen molar-refractivity contribution in [3.05, 3.63) is 29.3 Å². The third-order valence-corrected chi connectivity index (χ3v) is 5.49. The van der Waals surface area contributed by atoms with Crippen LogP contribution >= 0.6 is 23.4 Å². The maximum absolute atomic E-state index is 12.5. The number of halogens is 1. The largest absolute Gasteiger partial charge is 0.344 e. The second-order valence-corrected chi connectivity index (χ2v) is 7.39. The number of thioether (sulfide) groups is 1. The molecule has 0 radical (unpaired) electrons. The van der Waals surface area contributed by atoms with E-state index in [0.717, 1.165) is 23.7 Å². The highest BCUT2D eigenvalue weighted by molar-refractivity contribution is 7.99. The van der Waals surface area contributed by atoms with Crippen molar-refractivity contribution in [2.75, 3.05) is 29.5 Å². The van der Waals surface area contributed by atoms with Crippen molar-refractivity contribution in [1.82, 2.24) is 10.6 Å². The van der Waals surface area contributed by atoms with E-state index in [4.69, 9.17) is 11.6 Å². The first-order valence-corrected chi connectivity index (χ1v) is 9.34. The molecule has 0 bridgehead atoms. The minimum absolute atomic E-state index is 0.0494. The smallest absolute Gasteiger partial charge is 0.249 e. The van der Waals surface area contributed by atoms with Gasteiger partial charge in [-0.2, -0.15) is 11.8 Å². The molecule has 5 nitrogen and oxygen atoms in total. The summed E-state index contributed by atoms with van der Waals surface area (Å²) in [7, 11) is 0.